The van der Waals surface area contributed by atoms with Crippen LogP contribution in [0.2, 0.25) is 0 Å². The van der Waals surface area contributed by atoms with E-state index in [1.807, 2.05) is 5.32 Å². The van der Waals surface area contributed by atoms with Gasteiger partial charge in [0.2, 0.25) is 26.7 Å². The van der Waals surface area contributed by atoms with E-state index in [2.05, 4.69) is 8.37 Å². The number of rotatable bonds is 9. The molecule has 0 saturated carbocycles. The fourth-order valence-electron chi connectivity index (χ4n) is 3.41. The predicted molar refractivity (Wildman–Crippen MR) is 97.9 cm³/mol. The molecule has 2 aliphatic rings. The monoisotopic (exact) mass is 555 g/mol. The van der Waals surface area contributed by atoms with E-state index >= 15 is 0 Å². The minimum absolute atomic E-state index is 0.907. The van der Waals surface area contributed by atoms with Gasteiger partial charge in [-0.2, -0.15) is 0 Å². The van der Waals surface area contributed by atoms with Crippen molar-refractivity contribution in [2.75, 3.05) is 6.61 Å². The molecule has 6 N–H and O–H groups in total. The number of carbonyl (C=O) groups is 2. The molecule has 0 aromatic carbocycles. The lowest BCUT2D eigenvalue weighted by Gasteiger charge is -2.47. The first kappa shape index (κ1) is 29.6. The molecule has 2 rings (SSSR count). The Labute approximate surface area is 197 Å². The van der Waals surface area contributed by atoms with Crippen molar-refractivity contribution in [2.45, 2.75) is 68.3 Å². The second-order valence-corrected chi connectivity index (χ2v) is 9.28. The summed E-state index contributed by atoms with van der Waals surface area (Å²) in [5, 5.41) is 51.0. The van der Waals surface area contributed by atoms with Gasteiger partial charge in [0.1, 0.15) is 36.6 Å². The van der Waals surface area contributed by atoms with Crippen molar-refractivity contribution < 1.29 is 83.6 Å². The molecule has 2 heterocycles. The van der Waals surface area contributed by atoms with Crippen LogP contribution in [0.15, 0.2) is 0 Å². The molecule has 21 heteroatoms. The first-order valence-corrected chi connectivity index (χ1v) is 12.0. The summed E-state index contributed by atoms with van der Waals surface area (Å²) in [6.07, 6.45) is -20.4. The van der Waals surface area contributed by atoms with Crippen LogP contribution in [0.3, 0.4) is 0 Å². The first-order valence-electron chi connectivity index (χ1n) is 9.34. The largest absolute Gasteiger partial charge is 0.726 e. The SMILES string of the molecule is CC(=O)N[C@@H]1[C@@H](O[C@@H]2O[C@@H](C(=O)O)[C@@H](O)[C@H](O)[C@H]2OS(=O)(=O)[O-])[C@@H](OS(=O)(=O)[O-])[C@@H](CO)O[C@H]1O. The Hall–Kier alpha value is -1.60. The van der Waals surface area contributed by atoms with Crippen molar-refractivity contribution in [3.63, 3.8) is 0 Å². The van der Waals surface area contributed by atoms with E-state index in [9.17, 15) is 61.1 Å². The van der Waals surface area contributed by atoms with Gasteiger partial charge >= 0.3 is 5.97 Å². The number of amides is 1. The lowest BCUT2D eigenvalue weighted by molar-refractivity contribution is -0.331. The Balaban J connectivity index is 2.55. The Kier molecular flexibility index (Phi) is 9.48. The molecule has 35 heavy (non-hydrogen) atoms. The Morgan fingerprint density at radius 2 is 1.49 bits per heavy atom. The van der Waals surface area contributed by atoms with Gasteiger partial charge < -0.3 is 54.2 Å². The van der Waals surface area contributed by atoms with E-state index < -0.39 is 101 Å². The maximum atomic E-state index is 11.6. The lowest BCUT2D eigenvalue weighted by Crippen LogP contribution is -2.68. The number of carbonyl (C=O) groups excluding carboxylic acids is 1. The van der Waals surface area contributed by atoms with E-state index in [-0.39, 0.29) is 0 Å². The van der Waals surface area contributed by atoms with Gasteiger partial charge in [0.05, 0.1) is 6.61 Å². The molecule has 0 spiro atoms. The standard InChI is InChI=1S/C14H23NO18S2/c1-3(17)15-5-9(8(32-34(23,24)25)4(2-16)29-13(5)22)30-14-11(33-35(26,27)28)7(19)6(18)10(31-14)12(20)21/h4-11,13-14,16,18-19,22H,2H2,1H3,(H,15,17)(H,20,21)(H,23,24,25)(H,26,27,28)/p-2/t4-,5-,6+,7+,8+,9-,10-,11-,13-,14-/m1/s1. The molecular weight excluding hydrogens is 534 g/mol. The molecule has 0 unspecified atom stereocenters. The van der Waals surface area contributed by atoms with Crippen LogP contribution in [0.25, 0.3) is 0 Å². The Morgan fingerprint density at radius 3 is 1.94 bits per heavy atom. The van der Waals surface area contributed by atoms with E-state index in [1.165, 1.54) is 0 Å². The number of hydrogen-bond donors (Lipinski definition) is 6. The summed E-state index contributed by atoms with van der Waals surface area (Å²) in [5.41, 5.74) is 0. The predicted octanol–water partition coefficient (Wildman–Crippen LogP) is -6.19. The second kappa shape index (κ2) is 11.2. The maximum Gasteiger partial charge on any atom is 0.335 e. The molecule has 10 atom stereocenters. The number of aliphatic hydroxyl groups excluding tert-OH is 4. The molecule has 0 aromatic heterocycles. The van der Waals surface area contributed by atoms with Crippen LogP contribution in [0.1, 0.15) is 6.92 Å². The number of aliphatic carboxylic acids is 1. The number of carboxylic acid groups (broad SMARTS) is 1. The summed E-state index contributed by atoms with van der Waals surface area (Å²) in [6.45, 7) is -0.209. The topological polar surface area (TPSA) is 308 Å². The highest BCUT2D eigenvalue weighted by molar-refractivity contribution is 7.81. The summed E-state index contributed by atoms with van der Waals surface area (Å²) in [6, 6.07) is -1.86. The van der Waals surface area contributed by atoms with E-state index in [1.54, 1.807) is 0 Å². The van der Waals surface area contributed by atoms with Gasteiger partial charge in [-0.25, -0.2) is 21.6 Å². The molecule has 19 nitrogen and oxygen atoms in total. The molecule has 0 aromatic rings. The molecule has 0 bridgehead atoms. The zero-order chi connectivity index (χ0) is 26.9. The molecule has 204 valence electrons. The van der Waals surface area contributed by atoms with Crippen LogP contribution >= 0.6 is 0 Å². The van der Waals surface area contributed by atoms with Crippen molar-refractivity contribution in [1.82, 2.24) is 5.32 Å². The van der Waals surface area contributed by atoms with Crippen molar-refractivity contribution in [3.05, 3.63) is 0 Å². The molecule has 0 radical (unpaired) electrons. The zero-order valence-electron chi connectivity index (χ0n) is 17.3. The number of ether oxygens (including phenoxy) is 3. The van der Waals surface area contributed by atoms with Gasteiger partial charge in [-0.05, 0) is 0 Å². The number of hydrogen-bond acceptors (Lipinski definition) is 17. The fraction of sp³-hybridized carbons (Fsp3) is 0.857. The lowest BCUT2D eigenvalue weighted by atomic mass is 9.95. The van der Waals surface area contributed by atoms with Gasteiger partial charge in [0.15, 0.2) is 24.8 Å². The van der Waals surface area contributed by atoms with Gasteiger partial charge in [0, 0.05) is 6.92 Å². The summed E-state index contributed by atoms with van der Waals surface area (Å²) in [4.78, 5) is 23.0. The molecule has 1 amide bonds. The van der Waals surface area contributed by atoms with E-state index in [0.29, 0.717) is 0 Å². The highest BCUT2D eigenvalue weighted by Crippen LogP contribution is 2.32. The number of carboxylic acids is 1. The summed E-state index contributed by atoms with van der Waals surface area (Å²) >= 11 is 0. The summed E-state index contributed by atoms with van der Waals surface area (Å²) in [5.74, 6) is -2.82. The number of aliphatic hydroxyl groups is 4. The normalized spacial score (nSPS) is 38.6. The van der Waals surface area contributed by atoms with E-state index in [4.69, 9.17) is 14.2 Å². The highest BCUT2D eigenvalue weighted by Gasteiger charge is 2.54. The summed E-state index contributed by atoms with van der Waals surface area (Å²) < 4.78 is 90.6. The third-order valence-corrected chi connectivity index (χ3v) is 5.67. The van der Waals surface area contributed by atoms with Gasteiger partial charge in [-0.15, -0.1) is 0 Å². The average molecular weight is 555 g/mol. The van der Waals surface area contributed by atoms with Crippen LogP contribution in [0.5, 0.6) is 0 Å². The Morgan fingerprint density at radius 1 is 0.943 bits per heavy atom. The smallest absolute Gasteiger partial charge is 0.335 e. The van der Waals surface area contributed by atoms with Gasteiger partial charge in [-0.1, -0.05) is 0 Å². The maximum absolute atomic E-state index is 11.6. The minimum Gasteiger partial charge on any atom is -0.726 e. The van der Waals surface area contributed by atoms with Crippen LogP contribution in [-0.2, 0) is 53.0 Å². The van der Waals surface area contributed by atoms with Gasteiger partial charge in [0.25, 0.3) is 0 Å². The summed E-state index contributed by atoms with van der Waals surface area (Å²) in [7, 11) is -11.3. The van der Waals surface area contributed by atoms with Crippen molar-refractivity contribution in [2.24, 2.45) is 0 Å². The number of nitrogens with one attached hydrogen (secondary N) is 1. The van der Waals surface area contributed by atoms with Crippen LogP contribution < -0.4 is 5.32 Å². The van der Waals surface area contributed by atoms with Crippen molar-refractivity contribution >= 4 is 32.7 Å². The molecule has 2 saturated heterocycles. The fourth-order valence-corrected chi connectivity index (χ4v) is 4.40. The van der Waals surface area contributed by atoms with Crippen LogP contribution in [0, 0.1) is 0 Å². The quantitative estimate of drug-likeness (QED) is 0.114. The molecule has 0 aliphatic carbocycles. The van der Waals surface area contributed by atoms with Crippen LogP contribution in [0.4, 0.5) is 0 Å². The van der Waals surface area contributed by atoms with Gasteiger partial charge in [-0.3, -0.25) is 13.2 Å². The highest BCUT2D eigenvalue weighted by atomic mass is 32.3. The van der Waals surface area contributed by atoms with Crippen LogP contribution in [-0.4, -0.2) is 131 Å². The zero-order valence-corrected chi connectivity index (χ0v) is 19.0. The third kappa shape index (κ3) is 7.69. The first-order chi connectivity index (χ1) is 15.9. The Bertz CT molecular complexity index is 985. The minimum atomic E-state index is -5.68. The van der Waals surface area contributed by atoms with E-state index in [0.717, 1.165) is 6.92 Å². The third-order valence-electron chi connectivity index (χ3n) is 4.75. The van der Waals surface area contributed by atoms with Crippen molar-refractivity contribution in [3.8, 4) is 0 Å². The van der Waals surface area contributed by atoms with Crippen molar-refractivity contribution in [1.29, 1.82) is 0 Å². The molecule has 2 fully saturated rings. The average Bonchev–Trinajstić information content (AvgIpc) is 2.69. The second-order valence-electron chi connectivity index (χ2n) is 7.26. The molecular formula is C14H21NO18S2-2. The molecule has 2 aliphatic heterocycles.